The highest BCUT2D eigenvalue weighted by Gasteiger charge is 2.06. The lowest BCUT2D eigenvalue weighted by molar-refractivity contribution is 0.405. The van der Waals surface area contributed by atoms with Crippen molar-refractivity contribution in [2.24, 2.45) is 7.05 Å². The second-order valence-corrected chi connectivity index (χ2v) is 2.64. The number of aromatic nitrogens is 4. The molecule has 0 aliphatic carbocycles. The van der Waals surface area contributed by atoms with Crippen molar-refractivity contribution in [1.82, 2.24) is 19.7 Å². The van der Waals surface area contributed by atoms with Crippen molar-refractivity contribution >= 4 is 12.2 Å². The Kier molecular flexibility index (Phi) is 1.54. The van der Waals surface area contributed by atoms with Gasteiger partial charge in [-0.05, 0) is 12.2 Å². The molecule has 2 aromatic rings. The first kappa shape index (κ1) is 7.23. The van der Waals surface area contributed by atoms with Crippen molar-refractivity contribution < 1.29 is 4.52 Å². The zero-order chi connectivity index (χ0) is 8.55. The van der Waals surface area contributed by atoms with Crippen LogP contribution in [0.1, 0.15) is 0 Å². The average Bonchev–Trinajstić information content (AvgIpc) is 2.58. The highest BCUT2D eigenvalue weighted by Crippen LogP contribution is 2.09. The molecule has 0 aliphatic heterocycles. The Labute approximate surface area is 73.0 Å². The van der Waals surface area contributed by atoms with E-state index in [1.54, 1.807) is 6.20 Å². The molecule has 0 atom stereocenters. The molecule has 2 aromatic heterocycles. The zero-order valence-electron chi connectivity index (χ0n) is 6.31. The number of nitrogens with zero attached hydrogens (tertiary/aromatic N) is 3. The summed E-state index contributed by atoms with van der Waals surface area (Å²) >= 11 is 4.70. The van der Waals surface area contributed by atoms with Gasteiger partial charge in [-0.2, -0.15) is 10.1 Å². The summed E-state index contributed by atoms with van der Waals surface area (Å²) in [5.74, 6) is 1.25. The number of aryl methyl sites for hydroxylation is 1. The first-order valence-corrected chi connectivity index (χ1v) is 3.71. The van der Waals surface area contributed by atoms with E-state index in [1.165, 1.54) is 0 Å². The van der Waals surface area contributed by atoms with Crippen LogP contribution in [-0.4, -0.2) is 19.7 Å². The Morgan fingerprint density at radius 1 is 1.67 bits per heavy atom. The lowest BCUT2D eigenvalue weighted by Crippen LogP contribution is -1.92. The van der Waals surface area contributed by atoms with Gasteiger partial charge >= 0.3 is 4.84 Å². The minimum Gasteiger partial charge on any atom is -0.348 e. The van der Waals surface area contributed by atoms with Crippen LogP contribution in [0.5, 0.6) is 0 Å². The summed E-state index contributed by atoms with van der Waals surface area (Å²) in [5.41, 5.74) is 0. The molecule has 6 heteroatoms. The van der Waals surface area contributed by atoms with Crippen LogP contribution in [0.3, 0.4) is 0 Å². The maximum absolute atomic E-state index is 4.77. The maximum Gasteiger partial charge on any atom is 0.314 e. The summed E-state index contributed by atoms with van der Waals surface area (Å²) in [6, 6.07) is 0. The van der Waals surface area contributed by atoms with E-state index >= 15 is 0 Å². The Hall–Kier alpha value is -1.43. The highest BCUT2D eigenvalue weighted by atomic mass is 32.1. The Morgan fingerprint density at radius 3 is 3.00 bits per heavy atom. The molecule has 0 spiro atoms. The van der Waals surface area contributed by atoms with Gasteiger partial charge in [0, 0.05) is 19.4 Å². The van der Waals surface area contributed by atoms with Crippen LogP contribution in [0.4, 0.5) is 0 Å². The summed E-state index contributed by atoms with van der Waals surface area (Å²) < 4.78 is 6.59. The topological polar surface area (TPSA) is 59.6 Å². The quantitative estimate of drug-likeness (QED) is 0.672. The SMILES string of the molecule is Cn1ccnc1-c1nc(=S)o[nH]1. The number of imidazole rings is 1. The van der Waals surface area contributed by atoms with Crippen LogP contribution in [0, 0.1) is 4.84 Å². The molecule has 0 saturated carbocycles. The van der Waals surface area contributed by atoms with Gasteiger partial charge in [0.1, 0.15) is 0 Å². The molecule has 2 rings (SSSR count). The smallest absolute Gasteiger partial charge is 0.314 e. The number of nitrogens with one attached hydrogen (secondary N) is 1. The number of rotatable bonds is 1. The second-order valence-electron chi connectivity index (χ2n) is 2.29. The molecule has 1 N–H and O–H groups in total. The molecule has 0 saturated heterocycles. The monoisotopic (exact) mass is 182 g/mol. The van der Waals surface area contributed by atoms with Gasteiger partial charge in [0.05, 0.1) is 0 Å². The number of aromatic amines is 1. The average molecular weight is 182 g/mol. The van der Waals surface area contributed by atoms with Crippen molar-refractivity contribution in [2.75, 3.05) is 0 Å². The lowest BCUT2D eigenvalue weighted by Gasteiger charge is -1.93. The van der Waals surface area contributed by atoms with Crippen molar-refractivity contribution in [3.05, 3.63) is 17.2 Å². The van der Waals surface area contributed by atoms with Crippen molar-refractivity contribution in [3.8, 4) is 11.6 Å². The van der Waals surface area contributed by atoms with E-state index < -0.39 is 0 Å². The molecule has 12 heavy (non-hydrogen) atoms. The number of hydrogen-bond donors (Lipinski definition) is 1. The molecule has 0 fully saturated rings. The maximum atomic E-state index is 4.77. The van der Waals surface area contributed by atoms with E-state index in [2.05, 4.69) is 15.1 Å². The van der Waals surface area contributed by atoms with Crippen LogP contribution in [-0.2, 0) is 7.05 Å². The van der Waals surface area contributed by atoms with Gasteiger partial charge in [0.15, 0.2) is 5.82 Å². The van der Waals surface area contributed by atoms with E-state index in [4.69, 9.17) is 16.7 Å². The van der Waals surface area contributed by atoms with E-state index in [1.807, 2.05) is 17.8 Å². The van der Waals surface area contributed by atoms with Gasteiger partial charge < -0.3 is 9.09 Å². The predicted octanol–water partition coefficient (Wildman–Crippen LogP) is 1.13. The molecular weight excluding hydrogens is 176 g/mol. The lowest BCUT2D eigenvalue weighted by atomic mass is 10.6. The minimum absolute atomic E-state index is 0.188. The number of H-pyrrole nitrogens is 1. The summed E-state index contributed by atoms with van der Waals surface area (Å²) in [5, 5.41) is 2.58. The van der Waals surface area contributed by atoms with Crippen molar-refractivity contribution in [3.63, 3.8) is 0 Å². The van der Waals surface area contributed by atoms with Crippen molar-refractivity contribution in [1.29, 1.82) is 0 Å². The third-order valence-electron chi connectivity index (χ3n) is 1.47. The van der Waals surface area contributed by atoms with Crippen LogP contribution >= 0.6 is 12.2 Å². The molecule has 0 amide bonds. The fourth-order valence-corrected chi connectivity index (χ4v) is 1.05. The summed E-state index contributed by atoms with van der Waals surface area (Å²) in [6.45, 7) is 0. The fourth-order valence-electron chi connectivity index (χ4n) is 0.918. The Bertz CT molecular complexity index is 440. The summed E-state index contributed by atoms with van der Waals surface area (Å²) in [4.78, 5) is 8.17. The predicted molar refractivity (Wildman–Crippen MR) is 43.9 cm³/mol. The molecule has 0 aliphatic rings. The van der Waals surface area contributed by atoms with Crippen LogP contribution < -0.4 is 0 Å². The Morgan fingerprint density at radius 2 is 2.50 bits per heavy atom. The minimum atomic E-state index is 0.188. The largest absolute Gasteiger partial charge is 0.348 e. The number of hydrogen-bond acceptors (Lipinski definition) is 4. The van der Waals surface area contributed by atoms with Gasteiger partial charge in [0.2, 0.25) is 5.82 Å². The standard InChI is InChI=1S/C6H6N4OS/c1-10-3-2-7-5(10)4-8-6(12)11-9-4/h2-3H,1H3,(H,8,9,12). The normalized spacial score (nSPS) is 10.4. The molecule has 2 heterocycles. The van der Waals surface area contributed by atoms with E-state index in [0.717, 1.165) is 0 Å². The van der Waals surface area contributed by atoms with E-state index in [0.29, 0.717) is 11.6 Å². The van der Waals surface area contributed by atoms with Crippen LogP contribution in [0.2, 0.25) is 0 Å². The van der Waals surface area contributed by atoms with E-state index in [9.17, 15) is 0 Å². The van der Waals surface area contributed by atoms with Gasteiger partial charge in [-0.3, -0.25) is 0 Å². The van der Waals surface area contributed by atoms with Gasteiger partial charge in [-0.15, -0.1) is 0 Å². The Balaban J connectivity index is 2.57. The fraction of sp³-hybridized carbons (Fsp3) is 0.167. The van der Waals surface area contributed by atoms with Crippen molar-refractivity contribution in [2.45, 2.75) is 0 Å². The highest BCUT2D eigenvalue weighted by molar-refractivity contribution is 7.71. The molecule has 0 radical (unpaired) electrons. The molecule has 0 unspecified atom stereocenters. The van der Waals surface area contributed by atoms with Gasteiger partial charge in [-0.25, -0.2) is 4.98 Å². The summed E-state index contributed by atoms with van der Waals surface area (Å²) in [7, 11) is 1.87. The molecular formula is C6H6N4OS. The van der Waals surface area contributed by atoms with Crippen LogP contribution in [0.15, 0.2) is 16.9 Å². The molecule has 5 nitrogen and oxygen atoms in total. The zero-order valence-corrected chi connectivity index (χ0v) is 7.13. The third-order valence-corrected chi connectivity index (χ3v) is 1.65. The van der Waals surface area contributed by atoms with Gasteiger partial charge in [-0.1, -0.05) is 0 Å². The second kappa shape index (κ2) is 2.56. The molecule has 0 bridgehead atoms. The molecule has 0 aromatic carbocycles. The summed E-state index contributed by atoms with van der Waals surface area (Å²) in [6.07, 6.45) is 3.50. The molecule has 62 valence electrons. The first-order chi connectivity index (χ1) is 5.77. The first-order valence-electron chi connectivity index (χ1n) is 3.30. The van der Waals surface area contributed by atoms with E-state index in [-0.39, 0.29) is 4.84 Å². The van der Waals surface area contributed by atoms with Crippen LogP contribution in [0.25, 0.3) is 11.6 Å². The third kappa shape index (κ3) is 1.06. The van der Waals surface area contributed by atoms with Gasteiger partial charge in [0.25, 0.3) is 0 Å².